The van der Waals surface area contributed by atoms with Gasteiger partial charge in [0, 0.05) is 16.5 Å². The van der Waals surface area contributed by atoms with Crippen LogP contribution in [0.2, 0.25) is 10.0 Å². The van der Waals surface area contributed by atoms with Crippen LogP contribution in [-0.4, -0.2) is 25.7 Å². The summed E-state index contributed by atoms with van der Waals surface area (Å²) in [6.45, 7) is 2.23. The molecule has 6 heteroatoms. The van der Waals surface area contributed by atoms with Crippen molar-refractivity contribution in [2.75, 3.05) is 13.7 Å². The largest absolute Gasteiger partial charge is 0.493 e. The summed E-state index contributed by atoms with van der Waals surface area (Å²) < 4.78 is 10.9. The van der Waals surface area contributed by atoms with Gasteiger partial charge in [0.1, 0.15) is 6.61 Å². The molecule has 0 bridgehead atoms. The first-order chi connectivity index (χ1) is 12.0. The Kier molecular flexibility index (Phi) is 7.41. The van der Waals surface area contributed by atoms with Gasteiger partial charge in [0.15, 0.2) is 11.5 Å². The Labute approximate surface area is 158 Å². The third kappa shape index (κ3) is 5.83. The van der Waals surface area contributed by atoms with Crippen LogP contribution in [0.3, 0.4) is 0 Å². The van der Waals surface area contributed by atoms with Gasteiger partial charge in [-0.2, -0.15) is 0 Å². The van der Waals surface area contributed by atoms with Gasteiger partial charge < -0.3 is 14.8 Å². The van der Waals surface area contributed by atoms with Gasteiger partial charge in [0.2, 0.25) is 5.91 Å². The Morgan fingerprint density at radius 3 is 2.36 bits per heavy atom. The van der Waals surface area contributed by atoms with Gasteiger partial charge in [-0.15, -0.1) is 0 Å². The van der Waals surface area contributed by atoms with E-state index in [1.54, 1.807) is 25.3 Å². The standard InChI is InChI=1S/C19H21Cl2NO3/c1-13(12-25-18-9-4-3-8-17(18)24-2)22-19(23)11-10-14-15(20)6-5-7-16(14)21/h3-9,13H,10-12H2,1-2H3,(H,22,23). The molecule has 0 aromatic heterocycles. The van der Waals surface area contributed by atoms with Gasteiger partial charge in [0.05, 0.1) is 13.2 Å². The van der Waals surface area contributed by atoms with Gasteiger partial charge in [0.25, 0.3) is 0 Å². The molecule has 1 atom stereocenters. The maximum absolute atomic E-state index is 12.1. The van der Waals surface area contributed by atoms with E-state index in [0.29, 0.717) is 41.0 Å². The highest BCUT2D eigenvalue weighted by Gasteiger charge is 2.12. The van der Waals surface area contributed by atoms with Crippen LogP contribution in [0.1, 0.15) is 18.9 Å². The highest BCUT2D eigenvalue weighted by Crippen LogP contribution is 2.26. The quantitative estimate of drug-likeness (QED) is 0.730. The number of rotatable bonds is 8. The molecule has 1 amide bonds. The molecule has 4 nitrogen and oxygen atoms in total. The summed E-state index contributed by atoms with van der Waals surface area (Å²) >= 11 is 12.2. The van der Waals surface area contributed by atoms with Gasteiger partial charge >= 0.3 is 0 Å². The Bertz CT molecular complexity index is 701. The molecule has 2 rings (SSSR count). The number of amides is 1. The number of methoxy groups -OCH3 is 1. The average Bonchev–Trinajstić information content (AvgIpc) is 2.59. The summed E-state index contributed by atoms with van der Waals surface area (Å²) in [5.41, 5.74) is 0.791. The number of para-hydroxylation sites is 2. The van der Waals surface area contributed by atoms with E-state index in [2.05, 4.69) is 5.32 Å². The fourth-order valence-corrected chi connectivity index (χ4v) is 2.94. The highest BCUT2D eigenvalue weighted by molar-refractivity contribution is 6.36. The summed E-state index contributed by atoms with van der Waals surface area (Å²) in [6, 6.07) is 12.6. The lowest BCUT2D eigenvalue weighted by molar-refractivity contribution is -0.121. The van der Waals surface area contributed by atoms with Gasteiger partial charge in [-0.25, -0.2) is 0 Å². The molecule has 0 saturated carbocycles. The first kappa shape index (κ1) is 19.4. The van der Waals surface area contributed by atoms with Crippen molar-refractivity contribution >= 4 is 29.1 Å². The van der Waals surface area contributed by atoms with Crippen LogP contribution in [0, 0.1) is 0 Å². The first-order valence-electron chi connectivity index (χ1n) is 7.99. The lowest BCUT2D eigenvalue weighted by Gasteiger charge is -2.16. The second-order valence-electron chi connectivity index (χ2n) is 5.63. The van der Waals surface area contributed by atoms with Crippen molar-refractivity contribution in [3.8, 4) is 11.5 Å². The molecule has 0 spiro atoms. The number of ether oxygens (including phenoxy) is 2. The Morgan fingerprint density at radius 1 is 1.08 bits per heavy atom. The summed E-state index contributed by atoms with van der Waals surface area (Å²) in [4.78, 5) is 12.1. The second-order valence-corrected chi connectivity index (χ2v) is 6.45. The topological polar surface area (TPSA) is 47.6 Å². The first-order valence-corrected chi connectivity index (χ1v) is 8.75. The fraction of sp³-hybridized carbons (Fsp3) is 0.316. The minimum atomic E-state index is -0.140. The van der Waals surface area contributed by atoms with Crippen LogP contribution < -0.4 is 14.8 Å². The van der Waals surface area contributed by atoms with Crippen molar-refractivity contribution in [3.63, 3.8) is 0 Å². The molecule has 0 aliphatic rings. The van der Waals surface area contributed by atoms with E-state index < -0.39 is 0 Å². The lowest BCUT2D eigenvalue weighted by atomic mass is 10.1. The van der Waals surface area contributed by atoms with E-state index in [-0.39, 0.29) is 11.9 Å². The highest BCUT2D eigenvalue weighted by atomic mass is 35.5. The second kappa shape index (κ2) is 9.54. The Hall–Kier alpha value is -1.91. The maximum atomic E-state index is 12.1. The van der Waals surface area contributed by atoms with Crippen LogP contribution in [0.25, 0.3) is 0 Å². The fourth-order valence-electron chi connectivity index (χ4n) is 2.35. The van der Waals surface area contributed by atoms with E-state index in [0.717, 1.165) is 5.56 Å². The third-order valence-electron chi connectivity index (χ3n) is 3.63. The number of hydrogen-bond acceptors (Lipinski definition) is 3. The zero-order valence-electron chi connectivity index (χ0n) is 14.2. The maximum Gasteiger partial charge on any atom is 0.220 e. The summed E-state index contributed by atoms with van der Waals surface area (Å²) in [5, 5.41) is 4.06. The number of carbonyl (C=O) groups is 1. The molecule has 2 aromatic carbocycles. The van der Waals surface area contributed by atoms with Gasteiger partial charge in [-0.1, -0.05) is 41.4 Å². The van der Waals surface area contributed by atoms with Crippen LogP contribution >= 0.6 is 23.2 Å². The number of halogens is 2. The summed E-state index contributed by atoms with van der Waals surface area (Å²) in [6.07, 6.45) is 0.798. The normalized spacial score (nSPS) is 11.7. The van der Waals surface area contributed by atoms with E-state index in [4.69, 9.17) is 32.7 Å². The van der Waals surface area contributed by atoms with Gasteiger partial charge in [-0.05, 0) is 43.2 Å². The van der Waals surface area contributed by atoms with Crippen molar-refractivity contribution in [3.05, 3.63) is 58.1 Å². The van der Waals surface area contributed by atoms with Crippen LogP contribution in [0.15, 0.2) is 42.5 Å². The monoisotopic (exact) mass is 381 g/mol. The van der Waals surface area contributed by atoms with Crippen LogP contribution in [-0.2, 0) is 11.2 Å². The minimum Gasteiger partial charge on any atom is -0.493 e. The zero-order valence-corrected chi connectivity index (χ0v) is 15.7. The molecule has 0 aliphatic heterocycles. The summed E-state index contributed by atoms with van der Waals surface area (Å²) in [7, 11) is 1.59. The Balaban J connectivity index is 1.80. The molecule has 0 heterocycles. The molecule has 1 unspecified atom stereocenters. The van der Waals surface area contributed by atoms with E-state index in [1.165, 1.54) is 0 Å². The average molecular weight is 382 g/mol. The van der Waals surface area contributed by atoms with Gasteiger partial charge in [-0.3, -0.25) is 4.79 Å². The Morgan fingerprint density at radius 2 is 1.72 bits per heavy atom. The van der Waals surface area contributed by atoms with Crippen molar-refractivity contribution in [2.24, 2.45) is 0 Å². The number of benzene rings is 2. The van der Waals surface area contributed by atoms with Crippen molar-refractivity contribution in [1.29, 1.82) is 0 Å². The van der Waals surface area contributed by atoms with Crippen molar-refractivity contribution in [2.45, 2.75) is 25.8 Å². The molecule has 0 fully saturated rings. The van der Waals surface area contributed by atoms with Crippen LogP contribution in [0.4, 0.5) is 0 Å². The molecule has 0 saturated heterocycles. The van der Waals surface area contributed by atoms with Crippen molar-refractivity contribution < 1.29 is 14.3 Å². The molecular weight excluding hydrogens is 361 g/mol. The smallest absolute Gasteiger partial charge is 0.220 e. The predicted molar refractivity (Wildman–Crippen MR) is 101 cm³/mol. The van der Waals surface area contributed by atoms with E-state index >= 15 is 0 Å². The number of carbonyl (C=O) groups excluding carboxylic acids is 1. The lowest BCUT2D eigenvalue weighted by Crippen LogP contribution is -2.36. The molecule has 134 valence electrons. The zero-order chi connectivity index (χ0) is 18.2. The number of hydrogen-bond donors (Lipinski definition) is 1. The molecule has 25 heavy (non-hydrogen) atoms. The summed E-state index contributed by atoms with van der Waals surface area (Å²) in [5.74, 6) is 1.23. The predicted octanol–water partition coefficient (Wildman–Crippen LogP) is 4.52. The van der Waals surface area contributed by atoms with Crippen molar-refractivity contribution in [1.82, 2.24) is 5.32 Å². The number of nitrogens with one attached hydrogen (secondary N) is 1. The molecule has 0 aliphatic carbocycles. The molecular formula is C19H21Cl2NO3. The van der Waals surface area contributed by atoms with E-state index in [9.17, 15) is 4.79 Å². The molecule has 0 radical (unpaired) electrons. The molecule has 1 N–H and O–H groups in total. The minimum absolute atomic E-state index is 0.0767. The molecule has 2 aromatic rings. The third-order valence-corrected chi connectivity index (χ3v) is 4.34. The van der Waals surface area contributed by atoms with E-state index in [1.807, 2.05) is 31.2 Å². The van der Waals surface area contributed by atoms with Crippen LogP contribution in [0.5, 0.6) is 11.5 Å². The SMILES string of the molecule is COc1ccccc1OCC(C)NC(=O)CCc1c(Cl)cccc1Cl.